The van der Waals surface area contributed by atoms with E-state index in [0.29, 0.717) is 49.0 Å². The number of ether oxygens (including phenoxy) is 4. The molecule has 0 bridgehead atoms. The minimum absolute atomic E-state index is 0.308. The van der Waals surface area contributed by atoms with Crippen LogP contribution in [0.15, 0.2) is 72.8 Å². The van der Waals surface area contributed by atoms with Crippen molar-refractivity contribution in [2.45, 2.75) is 6.42 Å². The van der Waals surface area contributed by atoms with Crippen molar-refractivity contribution in [1.82, 2.24) is 5.32 Å². The van der Waals surface area contributed by atoms with Gasteiger partial charge in [0.05, 0.1) is 5.56 Å². The number of benzene rings is 3. The van der Waals surface area contributed by atoms with Crippen LogP contribution in [0.1, 0.15) is 15.9 Å². The number of carbonyl (C=O) groups is 2. The highest BCUT2D eigenvalue weighted by Crippen LogP contribution is 2.30. The molecule has 3 aromatic rings. The molecule has 0 unspecified atom stereocenters. The zero-order chi connectivity index (χ0) is 22.2. The van der Waals surface area contributed by atoms with Crippen LogP contribution in [0.3, 0.4) is 0 Å². The molecule has 32 heavy (non-hydrogen) atoms. The normalized spacial score (nSPS) is 12.0. The highest BCUT2D eigenvalue weighted by Gasteiger charge is 2.13. The van der Waals surface area contributed by atoms with Crippen LogP contribution >= 0.6 is 0 Å². The third-order valence-electron chi connectivity index (χ3n) is 4.73. The lowest BCUT2D eigenvalue weighted by molar-refractivity contribution is -0.124. The van der Waals surface area contributed by atoms with Gasteiger partial charge < -0.3 is 24.3 Å². The van der Waals surface area contributed by atoms with Gasteiger partial charge in [-0.1, -0.05) is 30.3 Å². The fraction of sp³-hybridized carbons (Fsp3) is 0.200. The molecule has 0 aromatic heterocycles. The van der Waals surface area contributed by atoms with Crippen molar-refractivity contribution >= 4 is 11.9 Å². The molecule has 164 valence electrons. The third kappa shape index (κ3) is 5.78. The maximum absolute atomic E-state index is 12.3. The fourth-order valence-electron chi connectivity index (χ4n) is 3.17. The molecule has 7 nitrogen and oxygen atoms in total. The van der Waals surface area contributed by atoms with Gasteiger partial charge in [-0.05, 0) is 54.4 Å². The van der Waals surface area contributed by atoms with Gasteiger partial charge in [-0.25, -0.2) is 4.79 Å². The molecule has 3 aromatic carbocycles. The molecule has 0 saturated heterocycles. The van der Waals surface area contributed by atoms with Gasteiger partial charge in [-0.15, -0.1) is 0 Å². The number of esters is 1. The number of fused-ring (bicyclic) bond motifs is 1. The number of carbonyl (C=O) groups excluding carboxylic acids is 2. The van der Waals surface area contributed by atoms with Gasteiger partial charge in [-0.2, -0.15) is 0 Å². The molecule has 0 fully saturated rings. The third-order valence-corrected chi connectivity index (χ3v) is 4.73. The molecule has 7 heteroatoms. The Hall–Kier alpha value is -4.00. The molecular weight excluding hydrogens is 410 g/mol. The summed E-state index contributed by atoms with van der Waals surface area (Å²) >= 11 is 0. The Kier molecular flexibility index (Phi) is 6.87. The lowest BCUT2D eigenvalue weighted by atomic mass is 10.1. The molecule has 1 amide bonds. The Morgan fingerprint density at radius 2 is 1.62 bits per heavy atom. The summed E-state index contributed by atoms with van der Waals surface area (Å²) in [6.45, 7) is 1.13. The lowest BCUT2D eigenvalue weighted by Gasteiger charge is -2.18. The van der Waals surface area contributed by atoms with Gasteiger partial charge in [0.1, 0.15) is 24.7 Å². The van der Waals surface area contributed by atoms with Crippen LogP contribution in [0.2, 0.25) is 0 Å². The number of hydrogen-bond donors (Lipinski definition) is 1. The maximum Gasteiger partial charge on any atom is 0.338 e. The van der Waals surface area contributed by atoms with Crippen molar-refractivity contribution in [2.75, 3.05) is 26.4 Å². The predicted molar refractivity (Wildman–Crippen MR) is 117 cm³/mol. The van der Waals surface area contributed by atoms with Gasteiger partial charge in [0.2, 0.25) is 0 Å². The van der Waals surface area contributed by atoms with Crippen LogP contribution in [0, 0.1) is 0 Å². The molecule has 4 rings (SSSR count). The van der Waals surface area contributed by atoms with E-state index in [0.717, 1.165) is 11.3 Å². The van der Waals surface area contributed by atoms with Crippen molar-refractivity contribution in [3.05, 3.63) is 83.9 Å². The summed E-state index contributed by atoms with van der Waals surface area (Å²) in [6.07, 6.45) is 0.620. The monoisotopic (exact) mass is 433 g/mol. The van der Waals surface area contributed by atoms with Crippen LogP contribution in [-0.4, -0.2) is 38.2 Å². The van der Waals surface area contributed by atoms with Crippen LogP contribution in [0.25, 0.3) is 0 Å². The summed E-state index contributed by atoms with van der Waals surface area (Å²) in [5, 5.41) is 2.75. The summed E-state index contributed by atoms with van der Waals surface area (Å²) in [7, 11) is 0. The van der Waals surface area contributed by atoms with E-state index in [1.54, 1.807) is 24.3 Å². The van der Waals surface area contributed by atoms with E-state index in [9.17, 15) is 9.59 Å². The number of rotatable bonds is 8. The molecule has 1 heterocycles. The zero-order valence-corrected chi connectivity index (χ0v) is 17.4. The highest BCUT2D eigenvalue weighted by atomic mass is 16.6. The van der Waals surface area contributed by atoms with Gasteiger partial charge in [0.15, 0.2) is 18.1 Å². The van der Waals surface area contributed by atoms with E-state index < -0.39 is 5.97 Å². The van der Waals surface area contributed by atoms with Gasteiger partial charge in [-0.3, -0.25) is 4.79 Å². The van der Waals surface area contributed by atoms with Crippen LogP contribution < -0.4 is 19.5 Å². The number of para-hydroxylation sites is 1. The molecular formula is C25H23NO6. The summed E-state index contributed by atoms with van der Waals surface area (Å²) in [5.41, 5.74) is 1.32. The van der Waals surface area contributed by atoms with Gasteiger partial charge >= 0.3 is 5.97 Å². The minimum Gasteiger partial charge on any atom is -0.486 e. The van der Waals surface area contributed by atoms with Crippen LogP contribution in [0.5, 0.6) is 23.0 Å². The molecule has 1 N–H and O–H groups in total. The largest absolute Gasteiger partial charge is 0.486 e. The first kappa shape index (κ1) is 21.2. The molecule has 0 saturated carbocycles. The Morgan fingerprint density at radius 1 is 0.844 bits per heavy atom. The van der Waals surface area contributed by atoms with Crippen molar-refractivity contribution in [2.24, 2.45) is 0 Å². The topological polar surface area (TPSA) is 83.1 Å². The second-order valence-electron chi connectivity index (χ2n) is 7.10. The number of amides is 1. The smallest absolute Gasteiger partial charge is 0.338 e. The first-order chi connectivity index (χ1) is 15.7. The molecule has 1 aliphatic heterocycles. The standard InChI is InChI=1S/C25H23NO6/c27-24(26-12-11-18-9-10-22-23(15-18)30-14-13-29-22)17-31-25(28)19-5-4-8-21(16-19)32-20-6-2-1-3-7-20/h1-10,15-16H,11-14,17H2,(H,26,27). The summed E-state index contributed by atoms with van der Waals surface area (Å²) < 4.78 is 21.9. The number of hydrogen-bond acceptors (Lipinski definition) is 6. The van der Waals surface area contributed by atoms with E-state index in [-0.39, 0.29) is 12.5 Å². The van der Waals surface area contributed by atoms with Crippen molar-refractivity contribution < 1.29 is 28.5 Å². The van der Waals surface area contributed by atoms with Crippen molar-refractivity contribution in [3.63, 3.8) is 0 Å². The second kappa shape index (κ2) is 10.3. The summed E-state index contributed by atoms with van der Waals surface area (Å²) in [4.78, 5) is 24.4. The number of nitrogens with one attached hydrogen (secondary N) is 1. The molecule has 0 radical (unpaired) electrons. The SMILES string of the molecule is O=C(COC(=O)c1cccc(Oc2ccccc2)c1)NCCc1ccc2c(c1)OCCO2. The Balaban J connectivity index is 1.22. The Morgan fingerprint density at radius 3 is 2.47 bits per heavy atom. The second-order valence-corrected chi connectivity index (χ2v) is 7.10. The summed E-state index contributed by atoms with van der Waals surface area (Å²) in [5.74, 6) is 1.66. The molecule has 0 spiro atoms. The van der Waals surface area contributed by atoms with E-state index >= 15 is 0 Å². The van der Waals surface area contributed by atoms with E-state index in [1.807, 2.05) is 48.5 Å². The highest BCUT2D eigenvalue weighted by molar-refractivity contribution is 5.91. The van der Waals surface area contributed by atoms with Crippen LogP contribution in [0.4, 0.5) is 0 Å². The zero-order valence-electron chi connectivity index (χ0n) is 17.4. The predicted octanol–water partition coefficient (Wildman–Crippen LogP) is 3.77. The molecule has 1 aliphatic rings. The van der Waals surface area contributed by atoms with Crippen LogP contribution in [-0.2, 0) is 16.0 Å². The first-order valence-corrected chi connectivity index (χ1v) is 10.3. The average Bonchev–Trinajstić information content (AvgIpc) is 2.83. The van der Waals surface area contributed by atoms with Gasteiger partial charge in [0, 0.05) is 6.54 Å². The molecule has 0 atom stereocenters. The van der Waals surface area contributed by atoms with E-state index in [1.165, 1.54) is 0 Å². The lowest BCUT2D eigenvalue weighted by Crippen LogP contribution is -2.30. The first-order valence-electron chi connectivity index (χ1n) is 10.3. The van der Waals surface area contributed by atoms with Crippen molar-refractivity contribution in [3.8, 4) is 23.0 Å². The Labute approximate surface area is 185 Å². The molecule has 0 aliphatic carbocycles. The minimum atomic E-state index is -0.592. The fourth-order valence-corrected chi connectivity index (χ4v) is 3.17. The maximum atomic E-state index is 12.3. The summed E-state index contributed by atoms with van der Waals surface area (Å²) in [6, 6.07) is 21.6. The quantitative estimate of drug-likeness (QED) is 0.545. The van der Waals surface area contributed by atoms with Crippen molar-refractivity contribution in [1.29, 1.82) is 0 Å². The average molecular weight is 433 g/mol. The van der Waals surface area contributed by atoms with Gasteiger partial charge in [0.25, 0.3) is 5.91 Å². The van der Waals surface area contributed by atoms with E-state index in [4.69, 9.17) is 18.9 Å². The van der Waals surface area contributed by atoms with E-state index in [2.05, 4.69) is 5.32 Å². The Bertz CT molecular complexity index is 1080.